The molecule has 24 rings (SSSR count). The van der Waals surface area contributed by atoms with Crippen molar-refractivity contribution in [3.63, 3.8) is 0 Å². The van der Waals surface area contributed by atoms with E-state index in [-0.39, 0.29) is 0 Å². The van der Waals surface area contributed by atoms with E-state index in [1.807, 2.05) is 22.7 Å². The van der Waals surface area contributed by atoms with E-state index in [2.05, 4.69) is 382 Å². The molecule has 510 valence electrons. The lowest BCUT2D eigenvalue weighted by Crippen LogP contribution is -1.96. The molecular formula is C102H60N6S2. The van der Waals surface area contributed by atoms with Crippen LogP contribution in [0.2, 0.25) is 0 Å². The molecule has 8 heteroatoms. The third kappa shape index (κ3) is 9.09. The van der Waals surface area contributed by atoms with Crippen molar-refractivity contribution in [3.8, 4) is 78.4 Å². The van der Waals surface area contributed by atoms with Crippen LogP contribution in [-0.4, -0.2) is 28.2 Å². The Morgan fingerprint density at radius 3 is 1.15 bits per heavy atom. The van der Waals surface area contributed by atoms with Crippen LogP contribution in [0.3, 0.4) is 0 Å². The van der Waals surface area contributed by atoms with Crippen molar-refractivity contribution in [2.45, 2.75) is 0 Å². The summed E-state index contributed by atoms with van der Waals surface area (Å²) in [6, 6.07) is 135. The fraction of sp³-hybridized carbons (Fsp3) is 0. The van der Waals surface area contributed by atoms with Crippen molar-refractivity contribution in [1.82, 2.24) is 28.2 Å². The molecule has 0 aliphatic rings. The molecule has 6 nitrogen and oxygen atoms in total. The first kappa shape index (κ1) is 61.2. The molecule has 24 aromatic rings. The van der Waals surface area contributed by atoms with Crippen LogP contribution in [-0.2, 0) is 0 Å². The molecule has 0 saturated heterocycles. The van der Waals surface area contributed by atoms with E-state index in [4.69, 9.17) is 9.97 Å². The van der Waals surface area contributed by atoms with Gasteiger partial charge >= 0.3 is 0 Å². The molecule has 0 unspecified atom stereocenters. The van der Waals surface area contributed by atoms with E-state index in [9.17, 15) is 0 Å². The zero-order valence-corrected chi connectivity index (χ0v) is 60.8. The van der Waals surface area contributed by atoms with Crippen molar-refractivity contribution in [2.24, 2.45) is 0 Å². The molecule has 0 bridgehead atoms. The molecule has 8 aromatic heterocycles. The van der Waals surface area contributed by atoms with E-state index in [0.29, 0.717) is 0 Å². The maximum Gasteiger partial charge on any atom is 0.0902 e. The lowest BCUT2D eigenvalue weighted by atomic mass is 9.94. The van der Waals surface area contributed by atoms with Crippen LogP contribution in [0.15, 0.2) is 364 Å². The number of aromatic nitrogens is 6. The van der Waals surface area contributed by atoms with Crippen LogP contribution >= 0.6 is 22.7 Å². The molecule has 0 amide bonds. The Bertz CT molecular complexity index is 8030. The Kier molecular flexibility index (Phi) is 13.2. The molecular weight excluding hydrogens is 1370 g/mol. The minimum atomic E-state index is 0.972. The van der Waals surface area contributed by atoms with Crippen LogP contribution in [0, 0.1) is 0 Å². The van der Waals surface area contributed by atoms with Crippen LogP contribution in [0.25, 0.3) is 228 Å². The monoisotopic (exact) mass is 1430 g/mol. The Labute approximate surface area is 638 Å². The van der Waals surface area contributed by atoms with Gasteiger partial charge in [0.25, 0.3) is 0 Å². The molecule has 0 atom stereocenters. The maximum atomic E-state index is 5.82. The molecule has 110 heavy (non-hydrogen) atoms. The second-order valence-electron chi connectivity index (χ2n) is 29.1. The van der Waals surface area contributed by atoms with Gasteiger partial charge in [0, 0.05) is 113 Å². The summed E-state index contributed by atoms with van der Waals surface area (Å²) in [5.41, 5.74) is 29.4. The summed E-state index contributed by atoms with van der Waals surface area (Å²) < 4.78 is 14.6. The Morgan fingerprint density at radius 2 is 0.564 bits per heavy atom. The molecule has 0 aliphatic heterocycles. The number of benzene rings is 16. The minimum Gasteiger partial charge on any atom is -0.309 e. The largest absolute Gasteiger partial charge is 0.309 e. The van der Waals surface area contributed by atoms with Gasteiger partial charge in [-0.1, -0.05) is 231 Å². The fourth-order valence-electron chi connectivity index (χ4n) is 18.2. The highest BCUT2D eigenvalue weighted by molar-refractivity contribution is 7.26. The predicted octanol–water partition coefficient (Wildman–Crippen LogP) is 28.2. The normalized spacial score (nSPS) is 12.2. The molecule has 0 aliphatic carbocycles. The van der Waals surface area contributed by atoms with Gasteiger partial charge in [-0.2, -0.15) is 0 Å². The van der Waals surface area contributed by atoms with E-state index in [1.165, 1.54) is 112 Å². The summed E-state index contributed by atoms with van der Waals surface area (Å²) in [5.74, 6) is 0. The Hall–Kier alpha value is -14.0. The van der Waals surface area contributed by atoms with Gasteiger partial charge in [0.1, 0.15) is 0 Å². The summed E-state index contributed by atoms with van der Waals surface area (Å²) >= 11 is 3.67. The minimum absolute atomic E-state index is 0.972. The van der Waals surface area contributed by atoms with Crippen LogP contribution in [0.5, 0.6) is 0 Å². The topological polar surface area (TPSA) is 45.5 Å². The number of para-hydroxylation sites is 7. The first-order valence-electron chi connectivity index (χ1n) is 37.5. The quantitative estimate of drug-likeness (QED) is 0.145. The average molecular weight is 1430 g/mol. The van der Waals surface area contributed by atoms with Crippen LogP contribution in [0.1, 0.15) is 0 Å². The van der Waals surface area contributed by atoms with Gasteiger partial charge in [-0.05, 0) is 172 Å². The van der Waals surface area contributed by atoms with E-state index in [1.54, 1.807) is 0 Å². The zero-order chi connectivity index (χ0) is 71.8. The summed E-state index contributed by atoms with van der Waals surface area (Å²) in [5, 5.41) is 14.3. The summed E-state index contributed by atoms with van der Waals surface area (Å²) in [7, 11) is 0. The number of thiophene rings is 2. The maximum absolute atomic E-state index is 5.82. The van der Waals surface area contributed by atoms with Crippen molar-refractivity contribution in [2.75, 3.05) is 0 Å². The number of nitrogens with zero attached hydrogens (tertiary/aromatic N) is 6. The molecule has 0 fully saturated rings. The van der Waals surface area contributed by atoms with Gasteiger partial charge in [0.05, 0.1) is 75.6 Å². The highest BCUT2D eigenvalue weighted by Crippen LogP contribution is 2.49. The second kappa shape index (κ2) is 23.7. The van der Waals surface area contributed by atoms with Crippen LogP contribution in [0.4, 0.5) is 0 Å². The molecule has 0 saturated carbocycles. The second-order valence-corrected chi connectivity index (χ2v) is 31.2. The molecule has 8 heterocycles. The van der Waals surface area contributed by atoms with Gasteiger partial charge in [-0.3, -0.25) is 0 Å². The lowest BCUT2D eigenvalue weighted by Gasteiger charge is -2.14. The standard InChI is InChI=1S/C102H60N6S2/c1-3-22-68(23-4-1)105-87-37-15-9-28-74(87)82-56-62(45-52-89(82)105)64-43-50-76-73-27-8-14-36-86(73)107(92(76)59-64)70-48-41-61(42-49-70)96-81-34-20-33-72(98(81)104-100-80-32-12-18-40-95(80)109-101(96)100)66-47-54-91-84(58-66)77-51-44-65(63-46-53-90-83(57-63)75-29-10-16-38-88(75)106(90)69-24-5-2-6-25-69)60-93(77)108(91)71-26-19-21-67(55-71)97-78-30-7-13-35-85(78)103-99-79-31-11-17-39-94(79)110-102(97)99/h1-60H. The van der Waals surface area contributed by atoms with Gasteiger partial charge in [0.15, 0.2) is 0 Å². The van der Waals surface area contributed by atoms with Crippen molar-refractivity contribution in [3.05, 3.63) is 364 Å². The highest BCUT2D eigenvalue weighted by Gasteiger charge is 2.25. The summed E-state index contributed by atoms with van der Waals surface area (Å²) in [6.45, 7) is 0. The Balaban J connectivity index is 0.669. The first-order valence-corrected chi connectivity index (χ1v) is 39.1. The van der Waals surface area contributed by atoms with E-state index in [0.717, 1.165) is 116 Å². The van der Waals surface area contributed by atoms with Gasteiger partial charge < -0.3 is 18.3 Å². The van der Waals surface area contributed by atoms with Gasteiger partial charge in [-0.15, -0.1) is 22.7 Å². The third-order valence-corrected chi connectivity index (χ3v) is 25.5. The van der Waals surface area contributed by atoms with Crippen molar-refractivity contribution in [1.29, 1.82) is 0 Å². The molecule has 0 radical (unpaired) electrons. The molecule has 0 spiro atoms. The van der Waals surface area contributed by atoms with Gasteiger partial charge in [0.2, 0.25) is 0 Å². The lowest BCUT2D eigenvalue weighted by molar-refractivity contribution is 1.18. The number of hydrogen-bond acceptors (Lipinski definition) is 4. The number of rotatable bonds is 9. The summed E-state index contributed by atoms with van der Waals surface area (Å²) in [6.07, 6.45) is 0. The Morgan fingerprint density at radius 1 is 0.191 bits per heavy atom. The van der Waals surface area contributed by atoms with Crippen molar-refractivity contribution < 1.29 is 0 Å². The van der Waals surface area contributed by atoms with E-state index >= 15 is 0 Å². The smallest absolute Gasteiger partial charge is 0.0902 e. The highest BCUT2D eigenvalue weighted by atomic mass is 32.1. The summed E-state index contributed by atoms with van der Waals surface area (Å²) in [4.78, 5) is 11.2. The SMILES string of the molecule is c1ccc(-n2c3ccccc3c3cc(-c4ccc5c6ccccc6n(-c6ccc(-c7c8cccc(-c9ccc%10c(c9)c9ccc(-c%11ccc%12c(c%11)c%11ccccc%11n%12-c%11ccccc%11)cc9n%10-c9cccc(-c%10c%11ccccc%11nc%11c%10sc%10ccccc%10%11)c9)c8nc8c7sc7ccccc78)cc6)c5c4)ccc32)cc1. The number of fused-ring (bicyclic) bond motifs is 20. The predicted molar refractivity (Wildman–Crippen MR) is 467 cm³/mol. The van der Waals surface area contributed by atoms with Crippen LogP contribution < -0.4 is 0 Å². The average Bonchev–Trinajstić information content (AvgIpc) is 1.51. The fourth-order valence-corrected chi connectivity index (χ4v) is 20.7. The molecule has 16 aromatic carbocycles. The number of pyridine rings is 2. The van der Waals surface area contributed by atoms with Gasteiger partial charge in [-0.25, -0.2) is 9.97 Å². The zero-order valence-electron chi connectivity index (χ0n) is 59.1. The first-order chi connectivity index (χ1) is 54.5. The number of hydrogen-bond donors (Lipinski definition) is 0. The third-order valence-electron chi connectivity index (χ3n) is 23.1. The van der Waals surface area contributed by atoms with Crippen molar-refractivity contribution >= 4 is 172 Å². The van der Waals surface area contributed by atoms with E-state index < -0.39 is 0 Å². The molecule has 0 N–H and O–H groups in total.